The second kappa shape index (κ2) is 9.38. The Bertz CT molecular complexity index is 1070. The van der Waals surface area contributed by atoms with Crippen molar-refractivity contribution in [3.05, 3.63) is 41.2 Å². The molecule has 1 aromatic carbocycles. The molecule has 3 atom stereocenters. The van der Waals surface area contributed by atoms with E-state index < -0.39 is 0 Å². The third-order valence-corrected chi connectivity index (χ3v) is 7.36. The van der Waals surface area contributed by atoms with Crippen LogP contribution in [0, 0.1) is 0 Å². The van der Waals surface area contributed by atoms with Crippen LogP contribution in [0.2, 0.25) is 5.02 Å². The molecule has 1 aromatic heterocycles. The second-order valence-corrected chi connectivity index (χ2v) is 9.59. The van der Waals surface area contributed by atoms with E-state index in [2.05, 4.69) is 30.4 Å². The van der Waals surface area contributed by atoms with E-state index in [-0.39, 0.29) is 29.8 Å². The highest BCUT2D eigenvalue weighted by molar-refractivity contribution is 6.30. The minimum Gasteiger partial charge on any atom is -0.356 e. The van der Waals surface area contributed by atoms with E-state index in [9.17, 15) is 9.59 Å². The number of nitrogens with zero attached hydrogens (tertiary/aromatic N) is 5. The fourth-order valence-electron chi connectivity index (χ4n) is 5.54. The van der Waals surface area contributed by atoms with Crippen LogP contribution in [0.5, 0.6) is 0 Å². The van der Waals surface area contributed by atoms with Crippen LogP contribution >= 0.6 is 11.6 Å². The molecule has 3 aliphatic rings. The lowest BCUT2D eigenvalue weighted by Crippen LogP contribution is -2.58. The number of piperazine rings is 1. The summed E-state index contributed by atoms with van der Waals surface area (Å²) in [6, 6.07) is 7.82. The van der Waals surface area contributed by atoms with E-state index in [1.165, 1.54) is 6.33 Å². The number of hydrogen-bond acceptors (Lipinski definition) is 7. The van der Waals surface area contributed by atoms with Crippen molar-refractivity contribution in [3.63, 3.8) is 0 Å². The number of amides is 2. The van der Waals surface area contributed by atoms with Crippen LogP contribution in [0.15, 0.2) is 30.6 Å². The van der Waals surface area contributed by atoms with Crippen LogP contribution < -0.4 is 20.4 Å². The number of aromatic nitrogens is 2. The zero-order chi connectivity index (χ0) is 23.8. The van der Waals surface area contributed by atoms with E-state index >= 15 is 0 Å². The van der Waals surface area contributed by atoms with Gasteiger partial charge in [-0.1, -0.05) is 23.7 Å². The maximum atomic E-state index is 13.8. The molecule has 180 valence electrons. The minimum atomic E-state index is -0.255. The molecule has 0 radical (unpaired) electrons. The standard InChI is InChI=1S/C24H30ClN7O2/c1-3-30-13-20(33)29-22-21(30)23(28-14-27-22)31-11-17-8-9-18(12-31)32(17)24(34)19(10-26-2)15-4-6-16(25)7-5-15/h4-7,14,17-19,26H,3,8-13H2,1-2H3,(H,27,28,29,33)/t17-,18+,19-/m1/s1. The summed E-state index contributed by atoms with van der Waals surface area (Å²) in [5.74, 6) is 1.24. The van der Waals surface area contributed by atoms with Gasteiger partial charge in [0.05, 0.1) is 12.5 Å². The average Bonchev–Trinajstić information content (AvgIpc) is 3.10. The van der Waals surface area contributed by atoms with Crippen LogP contribution in [0.1, 0.15) is 31.2 Å². The molecule has 2 fully saturated rings. The summed E-state index contributed by atoms with van der Waals surface area (Å²) in [5, 5.41) is 6.73. The van der Waals surface area contributed by atoms with Crippen molar-refractivity contribution >= 4 is 40.7 Å². The van der Waals surface area contributed by atoms with E-state index in [0.717, 1.165) is 29.9 Å². The third kappa shape index (κ3) is 4.07. The molecule has 0 saturated carbocycles. The van der Waals surface area contributed by atoms with Crippen molar-refractivity contribution < 1.29 is 9.59 Å². The van der Waals surface area contributed by atoms with Gasteiger partial charge in [0.1, 0.15) is 12.0 Å². The Morgan fingerprint density at radius 1 is 1.21 bits per heavy atom. The number of fused-ring (bicyclic) bond motifs is 3. The van der Waals surface area contributed by atoms with Gasteiger partial charge < -0.3 is 25.3 Å². The molecule has 9 nitrogen and oxygen atoms in total. The van der Waals surface area contributed by atoms with Gasteiger partial charge in [-0.15, -0.1) is 0 Å². The van der Waals surface area contributed by atoms with Crippen LogP contribution in [0.3, 0.4) is 0 Å². The van der Waals surface area contributed by atoms with Gasteiger partial charge in [0, 0.05) is 43.3 Å². The SMILES string of the molecule is CCN1CC(=O)Nc2ncnc(N3C[C@H]4CC[C@@H](C3)N4C(=O)[C@H](CNC)c3ccc(Cl)cc3)c21. The Morgan fingerprint density at radius 3 is 2.56 bits per heavy atom. The molecule has 0 aliphatic carbocycles. The van der Waals surface area contributed by atoms with Gasteiger partial charge in [-0.2, -0.15) is 0 Å². The van der Waals surface area contributed by atoms with Gasteiger partial charge in [-0.05, 0) is 44.5 Å². The molecule has 2 amide bonds. The Hall–Kier alpha value is -2.91. The van der Waals surface area contributed by atoms with Crippen LogP contribution in [0.25, 0.3) is 0 Å². The normalized spacial score (nSPS) is 22.4. The molecule has 2 bridgehead atoms. The number of benzene rings is 1. The van der Waals surface area contributed by atoms with Crippen LogP contribution in [-0.4, -0.2) is 78.5 Å². The van der Waals surface area contributed by atoms with E-state index in [1.54, 1.807) is 0 Å². The highest BCUT2D eigenvalue weighted by Gasteiger charge is 2.45. The second-order valence-electron chi connectivity index (χ2n) is 9.15. The third-order valence-electron chi connectivity index (χ3n) is 7.11. The first-order valence-electron chi connectivity index (χ1n) is 11.9. The molecule has 2 aromatic rings. The molecule has 2 saturated heterocycles. The Balaban J connectivity index is 1.40. The number of hydrogen-bond donors (Lipinski definition) is 2. The van der Waals surface area contributed by atoms with Crippen molar-refractivity contribution in [1.82, 2.24) is 20.2 Å². The molecule has 34 heavy (non-hydrogen) atoms. The van der Waals surface area contributed by atoms with Gasteiger partial charge in [0.25, 0.3) is 0 Å². The molecule has 3 aliphatic heterocycles. The van der Waals surface area contributed by atoms with Gasteiger partial charge in [-0.3, -0.25) is 9.59 Å². The molecule has 5 rings (SSSR count). The number of nitrogens with one attached hydrogen (secondary N) is 2. The summed E-state index contributed by atoms with van der Waals surface area (Å²) in [6.45, 7) is 5.01. The van der Waals surface area contributed by atoms with Crippen molar-refractivity contribution in [2.75, 3.05) is 54.9 Å². The zero-order valence-corrected chi connectivity index (χ0v) is 20.3. The summed E-state index contributed by atoms with van der Waals surface area (Å²) in [6.07, 6.45) is 3.46. The quantitative estimate of drug-likeness (QED) is 0.649. The number of halogens is 1. The minimum absolute atomic E-state index is 0.0627. The summed E-state index contributed by atoms with van der Waals surface area (Å²) >= 11 is 6.08. The zero-order valence-electron chi connectivity index (χ0n) is 19.5. The molecule has 0 spiro atoms. The molecule has 2 N–H and O–H groups in total. The first-order valence-corrected chi connectivity index (χ1v) is 12.2. The Morgan fingerprint density at radius 2 is 1.91 bits per heavy atom. The highest BCUT2D eigenvalue weighted by atomic mass is 35.5. The van der Waals surface area contributed by atoms with Crippen molar-refractivity contribution in [3.8, 4) is 0 Å². The lowest BCUT2D eigenvalue weighted by Gasteiger charge is -2.44. The monoisotopic (exact) mass is 483 g/mol. The fraction of sp³-hybridized carbons (Fsp3) is 0.500. The smallest absolute Gasteiger partial charge is 0.245 e. The highest BCUT2D eigenvalue weighted by Crippen LogP contribution is 2.40. The molecular formula is C24H30ClN7O2. The van der Waals surface area contributed by atoms with Crippen molar-refractivity contribution in [2.24, 2.45) is 0 Å². The summed E-state index contributed by atoms with van der Waals surface area (Å²) < 4.78 is 0. The van der Waals surface area contributed by atoms with Gasteiger partial charge in [-0.25, -0.2) is 9.97 Å². The Labute approximate surface area is 204 Å². The Kier molecular flexibility index (Phi) is 6.31. The molecular weight excluding hydrogens is 454 g/mol. The van der Waals surface area contributed by atoms with Crippen molar-refractivity contribution in [1.29, 1.82) is 0 Å². The maximum absolute atomic E-state index is 13.8. The van der Waals surface area contributed by atoms with Crippen molar-refractivity contribution in [2.45, 2.75) is 37.8 Å². The van der Waals surface area contributed by atoms with Gasteiger partial charge in [0.2, 0.25) is 11.8 Å². The topological polar surface area (TPSA) is 93.7 Å². The number of rotatable bonds is 6. The summed E-state index contributed by atoms with van der Waals surface area (Å²) in [4.78, 5) is 41.2. The largest absolute Gasteiger partial charge is 0.356 e. The van der Waals surface area contributed by atoms with Gasteiger partial charge >= 0.3 is 0 Å². The molecule has 0 unspecified atom stereocenters. The summed E-state index contributed by atoms with van der Waals surface area (Å²) in [5.41, 5.74) is 1.85. The number of carbonyl (C=O) groups is 2. The summed E-state index contributed by atoms with van der Waals surface area (Å²) in [7, 11) is 1.87. The van der Waals surface area contributed by atoms with E-state index in [4.69, 9.17) is 11.6 Å². The lowest BCUT2D eigenvalue weighted by molar-refractivity contribution is -0.136. The van der Waals surface area contributed by atoms with Crippen LogP contribution in [0.4, 0.5) is 17.3 Å². The number of carbonyl (C=O) groups excluding carboxylic acids is 2. The number of anilines is 3. The van der Waals surface area contributed by atoms with E-state index in [0.29, 0.717) is 43.6 Å². The molecule has 4 heterocycles. The average molecular weight is 484 g/mol. The predicted octanol–water partition coefficient (Wildman–Crippen LogP) is 2.09. The first kappa shape index (κ1) is 22.9. The van der Waals surface area contributed by atoms with E-state index in [1.807, 2.05) is 43.1 Å². The molecule has 10 heteroatoms. The van der Waals surface area contributed by atoms with Crippen LogP contribution in [-0.2, 0) is 9.59 Å². The fourth-order valence-corrected chi connectivity index (χ4v) is 5.67. The van der Waals surface area contributed by atoms with Gasteiger partial charge in [0.15, 0.2) is 11.6 Å². The predicted molar refractivity (Wildman–Crippen MR) is 133 cm³/mol. The first-order chi connectivity index (χ1) is 16.5. The number of likely N-dealkylation sites (N-methyl/N-ethyl adjacent to an activating group) is 2. The lowest BCUT2D eigenvalue weighted by atomic mass is 9.96. The maximum Gasteiger partial charge on any atom is 0.245 e.